The number of β-amino-alcohol motifs (C(OH)–C–C–N with tert-alkyl or cyclic N) is 1. The van der Waals surface area contributed by atoms with Gasteiger partial charge in [-0.25, -0.2) is 0 Å². The van der Waals surface area contributed by atoms with Gasteiger partial charge in [0.25, 0.3) is 0 Å². The Morgan fingerprint density at radius 1 is 1.83 bits per heavy atom. The fourth-order valence-electron chi connectivity index (χ4n) is 1.43. The van der Waals surface area contributed by atoms with Gasteiger partial charge < -0.3 is 10.4 Å². The molecular formula is C8H15N3O. The molecule has 68 valence electrons. The minimum atomic E-state index is -0.348. The first kappa shape index (κ1) is 9.46. The Kier molecular flexibility index (Phi) is 3.48. The summed E-state index contributed by atoms with van der Waals surface area (Å²) < 4.78 is 0. The highest BCUT2D eigenvalue weighted by molar-refractivity contribution is 4.96. The maximum absolute atomic E-state index is 9.15. The van der Waals surface area contributed by atoms with Gasteiger partial charge in [0, 0.05) is 26.2 Å². The molecule has 0 amide bonds. The molecule has 1 fully saturated rings. The lowest BCUT2D eigenvalue weighted by molar-refractivity contribution is 0.101. The zero-order valence-corrected chi connectivity index (χ0v) is 7.32. The van der Waals surface area contributed by atoms with Crippen LogP contribution in [0.25, 0.3) is 0 Å². The smallest absolute Gasteiger partial charge is 0.110 e. The van der Waals surface area contributed by atoms with Gasteiger partial charge in [-0.2, -0.15) is 5.26 Å². The van der Waals surface area contributed by atoms with Crippen LogP contribution in [0.5, 0.6) is 0 Å². The fourth-order valence-corrected chi connectivity index (χ4v) is 1.43. The van der Waals surface area contributed by atoms with Crippen LogP contribution in [0.15, 0.2) is 0 Å². The second-order valence-corrected chi connectivity index (χ2v) is 3.19. The average molecular weight is 169 g/mol. The van der Waals surface area contributed by atoms with Crippen molar-refractivity contribution in [2.45, 2.75) is 19.1 Å². The summed E-state index contributed by atoms with van der Waals surface area (Å²) in [5.74, 6) is 0. The highest BCUT2D eigenvalue weighted by atomic mass is 16.3. The van der Waals surface area contributed by atoms with Gasteiger partial charge in [0.15, 0.2) is 0 Å². The molecule has 1 aliphatic heterocycles. The van der Waals surface area contributed by atoms with Crippen LogP contribution >= 0.6 is 0 Å². The van der Waals surface area contributed by atoms with Crippen molar-refractivity contribution in [1.82, 2.24) is 10.2 Å². The number of nitrogens with one attached hydrogen (secondary N) is 1. The first-order chi connectivity index (χ1) is 5.74. The Bertz CT molecular complexity index is 176. The number of nitriles is 1. The summed E-state index contributed by atoms with van der Waals surface area (Å²) in [6, 6.07) is 2.14. The molecule has 1 heterocycles. The fraction of sp³-hybridized carbons (Fsp3) is 0.875. The molecule has 4 nitrogen and oxygen atoms in total. The number of aliphatic hydroxyl groups excluding tert-OH is 1. The summed E-state index contributed by atoms with van der Waals surface area (Å²) in [7, 11) is 0. The summed E-state index contributed by atoms with van der Waals surface area (Å²) >= 11 is 0. The predicted octanol–water partition coefficient (Wildman–Crippen LogP) is -0.835. The van der Waals surface area contributed by atoms with Crippen LogP contribution < -0.4 is 5.32 Å². The third kappa shape index (κ3) is 2.45. The van der Waals surface area contributed by atoms with Crippen molar-refractivity contribution in [3.8, 4) is 6.07 Å². The molecule has 2 N–H and O–H groups in total. The molecule has 2 unspecified atom stereocenters. The standard InChI is InChI=1S/C8H15N3O/c1-7(12)6-11-3-2-10-5-8(11)4-9/h7-8,10,12H,2-3,5-6H2,1H3. The van der Waals surface area contributed by atoms with Gasteiger partial charge in [-0.15, -0.1) is 0 Å². The molecule has 4 heteroatoms. The summed E-state index contributed by atoms with van der Waals surface area (Å²) in [6.07, 6.45) is -0.348. The van der Waals surface area contributed by atoms with Crippen molar-refractivity contribution >= 4 is 0 Å². The van der Waals surface area contributed by atoms with Crippen molar-refractivity contribution in [2.75, 3.05) is 26.2 Å². The van der Waals surface area contributed by atoms with E-state index in [1.54, 1.807) is 6.92 Å². The van der Waals surface area contributed by atoms with Gasteiger partial charge >= 0.3 is 0 Å². The second-order valence-electron chi connectivity index (χ2n) is 3.19. The molecule has 0 radical (unpaired) electrons. The van der Waals surface area contributed by atoms with Crippen LogP contribution in [0.3, 0.4) is 0 Å². The van der Waals surface area contributed by atoms with E-state index >= 15 is 0 Å². The van der Waals surface area contributed by atoms with E-state index in [1.807, 2.05) is 4.90 Å². The van der Waals surface area contributed by atoms with Crippen molar-refractivity contribution in [3.05, 3.63) is 0 Å². The minimum absolute atomic E-state index is 0.0756. The Balaban J connectivity index is 2.43. The van der Waals surface area contributed by atoms with Crippen LogP contribution in [-0.2, 0) is 0 Å². The number of hydrogen-bond donors (Lipinski definition) is 2. The first-order valence-electron chi connectivity index (χ1n) is 4.26. The summed E-state index contributed by atoms with van der Waals surface area (Å²) in [5.41, 5.74) is 0. The molecule has 0 aromatic rings. The molecule has 0 aliphatic carbocycles. The van der Waals surface area contributed by atoms with Gasteiger partial charge in [0.2, 0.25) is 0 Å². The lowest BCUT2D eigenvalue weighted by Gasteiger charge is -2.32. The maximum Gasteiger partial charge on any atom is 0.110 e. The Morgan fingerprint density at radius 2 is 2.58 bits per heavy atom. The van der Waals surface area contributed by atoms with Crippen LogP contribution in [0.2, 0.25) is 0 Å². The first-order valence-corrected chi connectivity index (χ1v) is 4.26. The van der Waals surface area contributed by atoms with Gasteiger partial charge in [0.1, 0.15) is 6.04 Å². The molecule has 1 saturated heterocycles. The lowest BCUT2D eigenvalue weighted by atomic mass is 10.2. The van der Waals surface area contributed by atoms with Crippen LogP contribution in [0.1, 0.15) is 6.92 Å². The number of piperazine rings is 1. The summed E-state index contributed by atoms with van der Waals surface area (Å²) in [6.45, 7) is 4.81. The molecule has 12 heavy (non-hydrogen) atoms. The predicted molar refractivity (Wildman–Crippen MR) is 45.5 cm³/mol. The van der Waals surface area contributed by atoms with E-state index in [4.69, 9.17) is 10.4 Å². The van der Waals surface area contributed by atoms with Crippen LogP contribution in [0.4, 0.5) is 0 Å². The largest absolute Gasteiger partial charge is 0.392 e. The maximum atomic E-state index is 9.15. The Morgan fingerprint density at radius 3 is 3.17 bits per heavy atom. The van der Waals surface area contributed by atoms with E-state index in [1.165, 1.54) is 0 Å². The van der Waals surface area contributed by atoms with E-state index in [-0.39, 0.29) is 12.1 Å². The third-order valence-corrected chi connectivity index (χ3v) is 2.00. The Hall–Kier alpha value is -0.630. The SMILES string of the molecule is CC(O)CN1CCNCC1C#N. The average Bonchev–Trinajstić information content (AvgIpc) is 2.04. The van der Waals surface area contributed by atoms with E-state index < -0.39 is 0 Å². The van der Waals surface area contributed by atoms with Crippen LogP contribution in [0, 0.1) is 11.3 Å². The highest BCUT2D eigenvalue weighted by Crippen LogP contribution is 2.02. The molecule has 0 bridgehead atoms. The highest BCUT2D eigenvalue weighted by Gasteiger charge is 2.22. The number of hydrogen-bond acceptors (Lipinski definition) is 4. The number of rotatable bonds is 2. The van der Waals surface area contributed by atoms with Crippen molar-refractivity contribution < 1.29 is 5.11 Å². The lowest BCUT2D eigenvalue weighted by Crippen LogP contribution is -2.52. The van der Waals surface area contributed by atoms with E-state index in [0.29, 0.717) is 13.1 Å². The normalized spacial score (nSPS) is 27.9. The van der Waals surface area contributed by atoms with Gasteiger partial charge in [0.05, 0.1) is 12.2 Å². The summed E-state index contributed by atoms with van der Waals surface area (Å²) in [5, 5.41) is 21.1. The van der Waals surface area contributed by atoms with E-state index in [2.05, 4.69) is 11.4 Å². The van der Waals surface area contributed by atoms with Gasteiger partial charge in [-0.3, -0.25) is 4.90 Å². The molecule has 0 aromatic carbocycles. The topological polar surface area (TPSA) is 59.3 Å². The number of aliphatic hydroxyl groups is 1. The second kappa shape index (κ2) is 4.41. The van der Waals surface area contributed by atoms with Crippen molar-refractivity contribution in [2.24, 2.45) is 0 Å². The zero-order valence-electron chi connectivity index (χ0n) is 7.32. The quantitative estimate of drug-likeness (QED) is 0.566. The summed E-state index contributed by atoms with van der Waals surface area (Å²) in [4.78, 5) is 2.02. The van der Waals surface area contributed by atoms with Gasteiger partial charge in [-0.05, 0) is 6.92 Å². The van der Waals surface area contributed by atoms with E-state index in [0.717, 1.165) is 13.1 Å². The zero-order chi connectivity index (χ0) is 8.97. The molecule has 0 aromatic heterocycles. The number of nitrogens with zero attached hydrogens (tertiary/aromatic N) is 2. The van der Waals surface area contributed by atoms with Gasteiger partial charge in [-0.1, -0.05) is 0 Å². The molecule has 0 saturated carbocycles. The van der Waals surface area contributed by atoms with Crippen LogP contribution in [-0.4, -0.2) is 48.3 Å². The molecule has 1 aliphatic rings. The molecule has 2 atom stereocenters. The van der Waals surface area contributed by atoms with E-state index in [9.17, 15) is 0 Å². The monoisotopic (exact) mass is 169 g/mol. The van der Waals surface area contributed by atoms with Crippen molar-refractivity contribution in [3.63, 3.8) is 0 Å². The minimum Gasteiger partial charge on any atom is -0.392 e. The molecule has 1 rings (SSSR count). The van der Waals surface area contributed by atoms with Crippen molar-refractivity contribution in [1.29, 1.82) is 5.26 Å². The Labute approximate surface area is 72.8 Å². The molecular weight excluding hydrogens is 154 g/mol. The molecule has 0 spiro atoms. The third-order valence-electron chi connectivity index (χ3n) is 2.00.